The Kier molecular flexibility index (Phi) is 7.99. The van der Waals surface area contributed by atoms with E-state index in [1.165, 1.54) is 11.1 Å². The number of rotatable bonds is 7. The second-order valence-corrected chi connectivity index (χ2v) is 11.5. The molecule has 0 bridgehead atoms. The minimum Gasteiger partial charge on any atom is -0.457 e. The van der Waals surface area contributed by atoms with Crippen LogP contribution in [-0.4, -0.2) is 66.0 Å². The number of carbonyl (C=O) groups excluding carboxylic acids is 1. The summed E-state index contributed by atoms with van der Waals surface area (Å²) in [7, 11) is 0. The van der Waals surface area contributed by atoms with E-state index in [9.17, 15) is 9.90 Å². The minimum absolute atomic E-state index is 0.0554. The van der Waals surface area contributed by atoms with Crippen LogP contribution in [0, 0.1) is 0 Å². The third-order valence-corrected chi connectivity index (χ3v) is 8.99. The van der Waals surface area contributed by atoms with Crippen molar-refractivity contribution in [2.45, 2.75) is 50.5 Å². The van der Waals surface area contributed by atoms with Crippen LogP contribution in [0.5, 0.6) is 11.5 Å². The number of thiophene rings is 1. The quantitative estimate of drug-likeness (QED) is 0.427. The molecule has 3 aliphatic rings. The van der Waals surface area contributed by atoms with Crippen LogP contribution < -0.4 is 4.74 Å². The molecule has 39 heavy (non-hydrogen) atoms. The molecule has 1 spiro atoms. The van der Waals surface area contributed by atoms with E-state index in [-0.39, 0.29) is 18.3 Å². The molecule has 2 saturated heterocycles. The van der Waals surface area contributed by atoms with Gasteiger partial charge in [-0.3, -0.25) is 9.69 Å². The SMILES string of the molecule is O=C(c1ccc(Oc2ccc(C3CCC4(CC3)OCCO4)cc2CO)cc1)N1CCN(Cc2ccsc2)CC1. The zero-order valence-corrected chi connectivity index (χ0v) is 23.0. The first kappa shape index (κ1) is 26.5. The van der Waals surface area contributed by atoms with Gasteiger partial charge in [0.05, 0.1) is 19.8 Å². The molecular weight excluding hydrogens is 512 g/mol. The lowest BCUT2D eigenvalue weighted by atomic mass is 9.80. The number of ether oxygens (including phenoxy) is 3. The summed E-state index contributed by atoms with van der Waals surface area (Å²) in [5.74, 6) is 1.39. The summed E-state index contributed by atoms with van der Waals surface area (Å²) >= 11 is 1.72. The Morgan fingerprint density at radius 2 is 1.74 bits per heavy atom. The van der Waals surface area contributed by atoms with Crippen molar-refractivity contribution in [2.75, 3.05) is 39.4 Å². The largest absolute Gasteiger partial charge is 0.457 e. The molecule has 3 aromatic rings. The number of carbonyl (C=O) groups is 1. The van der Waals surface area contributed by atoms with Gasteiger partial charge in [0.1, 0.15) is 11.5 Å². The molecule has 2 aliphatic heterocycles. The van der Waals surface area contributed by atoms with E-state index in [0.29, 0.717) is 36.2 Å². The normalized spacial score (nSPS) is 20.0. The number of aliphatic hydroxyl groups excluding tert-OH is 1. The fourth-order valence-corrected chi connectivity index (χ4v) is 6.64. The molecular formula is C31H36N2O5S. The lowest BCUT2D eigenvalue weighted by Gasteiger charge is -2.35. The summed E-state index contributed by atoms with van der Waals surface area (Å²) in [6.45, 7) is 5.45. The molecule has 7 nitrogen and oxygen atoms in total. The van der Waals surface area contributed by atoms with Crippen molar-refractivity contribution in [1.82, 2.24) is 9.80 Å². The number of nitrogens with zero attached hydrogens (tertiary/aromatic N) is 2. The number of aliphatic hydroxyl groups is 1. The first-order chi connectivity index (χ1) is 19.1. The van der Waals surface area contributed by atoms with Gasteiger partial charge in [-0.15, -0.1) is 0 Å². The van der Waals surface area contributed by atoms with Crippen molar-refractivity contribution in [1.29, 1.82) is 0 Å². The number of amides is 1. The highest BCUT2D eigenvalue weighted by Gasteiger charge is 2.40. The van der Waals surface area contributed by atoms with Crippen LogP contribution in [0.2, 0.25) is 0 Å². The minimum atomic E-state index is -0.370. The molecule has 0 atom stereocenters. The van der Waals surface area contributed by atoms with E-state index < -0.39 is 0 Å². The molecule has 3 fully saturated rings. The van der Waals surface area contributed by atoms with E-state index in [4.69, 9.17) is 14.2 Å². The van der Waals surface area contributed by atoms with Gasteiger partial charge in [-0.1, -0.05) is 6.07 Å². The standard InChI is InChI=1S/C31H36N2O5S/c34-21-27-19-26(24-7-10-31(11-8-24)36-16-17-37-31)3-6-29(27)38-28-4-1-25(2-5-28)30(35)33-14-12-32(13-15-33)20-23-9-18-39-22-23/h1-6,9,18-19,22,24,34H,7-8,10-17,20-21H2. The van der Waals surface area contributed by atoms with Crippen LogP contribution in [0.3, 0.4) is 0 Å². The Bertz CT molecular complexity index is 1240. The van der Waals surface area contributed by atoms with Gasteiger partial charge in [-0.05, 0) is 83.1 Å². The summed E-state index contributed by atoms with van der Waals surface area (Å²) in [4.78, 5) is 17.4. The van der Waals surface area contributed by atoms with Gasteiger partial charge in [0, 0.05) is 56.7 Å². The third kappa shape index (κ3) is 6.05. The molecule has 8 heteroatoms. The van der Waals surface area contributed by atoms with Gasteiger partial charge >= 0.3 is 0 Å². The number of hydrogen-bond donors (Lipinski definition) is 1. The number of hydrogen-bond acceptors (Lipinski definition) is 7. The monoisotopic (exact) mass is 548 g/mol. The van der Waals surface area contributed by atoms with Gasteiger partial charge in [-0.2, -0.15) is 11.3 Å². The molecule has 206 valence electrons. The highest BCUT2D eigenvalue weighted by molar-refractivity contribution is 7.07. The highest BCUT2D eigenvalue weighted by atomic mass is 32.1. The second kappa shape index (κ2) is 11.8. The predicted molar refractivity (Wildman–Crippen MR) is 150 cm³/mol. The zero-order chi connectivity index (χ0) is 26.7. The zero-order valence-electron chi connectivity index (χ0n) is 22.2. The second-order valence-electron chi connectivity index (χ2n) is 10.7. The van der Waals surface area contributed by atoms with Crippen LogP contribution >= 0.6 is 11.3 Å². The van der Waals surface area contributed by atoms with Crippen LogP contribution in [0.4, 0.5) is 0 Å². The van der Waals surface area contributed by atoms with Crippen molar-refractivity contribution in [3.05, 3.63) is 81.5 Å². The topological polar surface area (TPSA) is 71.5 Å². The van der Waals surface area contributed by atoms with Crippen LogP contribution in [0.1, 0.15) is 58.6 Å². The van der Waals surface area contributed by atoms with E-state index in [1.54, 1.807) is 11.3 Å². The van der Waals surface area contributed by atoms with Gasteiger partial charge in [-0.25, -0.2) is 0 Å². The first-order valence-corrected chi connectivity index (χ1v) is 14.9. The number of benzene rings is 2. The lowest BCUT2D eigenvalue weighted by molar-refractivity contribution is -0.178. The van der Waals surface area contributed by atoms with Crippen molar-refractivity contribution < 1.29 is 24.1 Å². The van der Waals surface area contributed by atoms with Gasteiger partial charge in [0.25, 0.3) is 5.91 Å². The molecule has 1 amide bonds. The molecule has 0 radical (unpaired) electrons. The molecule has 1 aromatic heterocycles. The van der Waals surface area contributed by atoms with Crippen molar-refractivity contribution in [3.63, 3.8) is 0 Å². The summed E-state index contributed by atoms with van der Waals surface area (Å²) < 4.78 is 17.9. The van der Waals surface area contributed by atoms with E-state index >= 15 is 0 Å². The Hall–Kier alpha value is -2.75. The van der Waals surface area contributed by atoms with Gasteiger partial charge < -0.3 is 24.2 Å². The van der Waals surface area contributed by atoms with Crippen molar-refractivity contribution in [3.8, 4) is 11.5 Å². The molecule has 3 heterocycles. The molecule has 2 aromatic carbocycles. The van der Waals surface area contributed by atoms with Crippen LogP contribution in [-0.2, 0) is 22.6 Å². The fraction of sp³-hybridized carbons (Fsp3) is 0.452. The fourth-order valence-electron chi connectivity index (χ4n) is 5.98. The maximum Gasteiger partial charge on any atom is 0.253 e. The van der Waals surface area contributed by atoms with Crippen molar-refractivity contribution in [2.24, 2.45) is 0 Å². The molecule has 1 N–H and O–H groups in total. The molecule has 6 rings (SSSR count). The van der Waals surface area contributed by atoms with E-state index in [0.717, 1.165) is 64.0 Å². The predicted octanol–water partition coefficient (Wildman–Crippen LogP) is 5.39. The maximum absolute atomic E-state index is 13.1. The van der Waals surface area contributed by atoms with Crippen molar-refractivity contribution >= 4 is 17.2 Å². The van der Waals surface area contributed by atoms with Gasteiger partial charge in [0.2, 0.25) is 0 Å². The summed E-state index contributed by atoms with van der Waals surface area (Å²) in [6.07, 6.45) is 3.81. The Morgan fingerprint density at radius 3 is 2.41 bits per heavy atom. The summed E-state index contributed by atoms with van der Waals surface area (Å²) in [5, 5.41) is 14.4. The Labute approximate surface area is 233 Å². The molecule has 0 unspecified atom stereocenters. The lowest BCUT2D eigenvalue weighted by Crippen LogP contribution is -2.48. The van der Waals surface area contributed by atoms with Gasteiger partial charge in [0.15, 0.2) is 5.79 Å². The summed E-state index contributed by atoms with van der Waals surface area (Å²) in [6, 6.07) is 15.6. The van der Waals surface area contributed by atoms with Crippen LogP contribution in [0.25, 0.3) is 0 Å². The third-order valence-electron chi connectivity index (χ3n) is 8.26. The molecule has 1 saturated carbocycles. The smallest absolute Gasteiger partial charge is 0.253 e. The Morgan fingerprint density at radius 1 is 1.00 bits per heavy atom. The summed E-state index contributed by atoms with van der Waals surface area (Å²) in [5.41, 5.74) is 3.99. The molecule has 1 aliphatic carbocycles. The Balaban J connectivity index is 1.04. The van der Waals surface area contributed by atoms with Crippen LogP contribution in [0.15, 0.2) is 59.3 Å². The first-order valence-electron chi connectivity index (χ1n) is 13.9. The average Bonchev–Trinajstić information content (AvgIpc) is 3.67. The van der Waals surface area contributed by atoms with E-state index in [1.807, 2.05) is 35.2 Å². The number of piperazine rings is 1. The maximum atomic E-state index is 13.1. The average molecular weight is 549 g/mol. The highest BCUT2D eigenvalue weighted by Crippen LogP contribution is 2.43. The van der Waals surface area contributed by atoms with E-state index in [2.05, 4.69) is 33.9 Å².